The van der Waals surface area contributed by atoms with E-state index < -0.39 is 60.4 Å². The molecule has 0 amide bonds. The van der Waals surface area contributed by atoms with Crippen molar-refractivity contribution in [2.24, 2.45) is 0 Å². The molecule has 0 saturated heterocycles. The summed E-state index contributed by atoms with van der Waals surface area (Å²) in [5.74, 6) is 1.41. The van der Waals surface area contributed by atoms with Crippen molar-refractivity contribution in [3.63, 3.8) is 0 Å². The van der Waals surface area contributed by atoms with E-state index in [1.165, 1.54) is 0 Å². The third-order valence-corrected chi connectivity index (χ3v) is 12.2. The van der Waals surface area contributed by atoms with Gasteiger partial charge >= 0.3 is 0 Å². The quantitative estimate of drug-likeness (QED) is 0.0957. The van der Waals surface area contributed by atoms with Gasteiger partial charge in [-0.25, -0.2) is 4.98 Å². The molecular formula is C62H47N5OPt-2. The molecule has 0 N–H and O–H groups in total. The number of aromatic nitrogens is 4. The molecule has 0 atom stereocenters. The number of nitrogens with zero attached hydrogens (tertiary/aromatic N) is 5. The number of hydrogen-bond donors (Lipinski definition) is 0. The Kier molecular flexibility index (Phi) is 9.50. The zero-order valence-corrected chi connectivity index (χ0v) is 40.1. The molecule has 11 aromatic rings. The number of hydrogen-bond acceptors (Lipinski definition) is 2. The second-order valence-electron chi connectivity index (χ2n) is 17.5. The first kappa shape index (κ1) is 34.4. The van der Waals surface area contributed by atoms with Crippen LogP contribution in [0.2, 0.25) is 0 Å². The Morgan fingerprint density at radius 3 is 2.13 bits per heavy atom. The number of benzene rings is 8. The van der Waals surface area contributed by atoms with Crippen LogP contribution in [0.15, 0.2) is 194 Å². The Bertz CT molecular complexity index is 4150. The van der Waals surface area contributed by atoms with Crippen LogP contribution >= 0.6 is 0 Å². The average molecular weight is 1080 g/mol. The average Bonchev–Trinajstić information content (AvgIpc) is 4.26. The third kappa shape index (κ3) is 8.91. The Hall–Kier alpha value is -7.84. The molecule has 11 rings (SSSR count). The van der Waals surface area contributed by atoms with Gasteiger partial charge in [0.1, 0.15) is 5.82 Å². The van der Waals surface area contributed by atoms with E-state index in [1.807, 2.05) is 71.4 Å². The largest absolute Gasteiger partial charge is 0.511 e. The van der Waals surface area contributed by atoms with Gasteiger partial charge in [-0.3, -0.25) is 4.85 Å². The minimum atomic E-state index is -0.549. The van der Waals surface area contributed by atoms with Crippen molar-refractivity contribution >= 4 is 38.5 Å². The summed E-state index contributed by atoms with van der Waals surface area (Å²) in [5, 5.41) is 1.98. The topological polar surface area (TPSA) is 40.2 Å². The molecule has 0 spiro atoms. The second-order valence-corrected chi connectivity index (χ2v) is 17.5. The van der Waals surface area contributed by atoms with Crippen molar-refractivity contribution in [3.05, 3.63) is 235 Å². The third-order valence-electron chi connectivity index (χ3n) is 12.2. The minimum Gasteiger partial charge on any atom is -0.511 e. The summed E-state index contributed by atoms with van der Waals surface area (Å²) in [6, 6.07) is 42.6. The van der Waals surface area contributed by atoms with Crippen molar-refractivity contribution < 1.29 is 44.1 Å². The summed E-state index contributed by atoms with van der Waals surface area (Å²) >= 11 is 0. The van der Waals surface area contributed by atoms with E-state index in [2.05, 4.69) is 85.0 Å². The van der Waals surface area contributed by atoms with Crippen LogP contribution in [-0.2, 0) is 39.4 Å². The van der Waals surface area contributed by atoms with E-state index >= 15 is 0 Å². The van der Waals surface area contributed by atoms with E-state index in [9.17, 15) is 0 Å². The Labute approximate surface area is 431 Å². The first-order chi connectivity index (χ1) is 37.4. The minimum absolute atomic E-state index is 0. The van der Waals surface area contributed by atoms with Gasteiger partial charge < -0.3 is 18.4 Å². The maximum Gasteiger partial charge on any atom is 0.242 e. The fourth-order valence-electron chi connectivity index (χ4n) is 8.88. The van der Waals surface area contributed by atoms with E-state index in [1.54, 1.807) is 34.9 Å². The molecule has 3 aromatic heterocycles. The molecule has 6 nitrogen and oxygen atoms in total. The summed E-state index contributed by atoms with van der Waals surface area (Å²) in [4.78, 5) is 8.69. The first-order valence-electron chi connectivity index (χ1n) is 27.3. The van der Waals surface area contributed by atoms with Crippen molar-refractivity contribution in [2.75, 3.05) is 0 Å². The maximum atomic E-state index is 8.89. The predicted molar refractivity (Wildman–Crippen MR) is 275 cm³/mol. The maximum absolute atomic E-state index is 8.89. The Balaban J connectivity index is 0.00000704. The number of fused-ring (bicyclic) bond motifs is 4. The van der Waals surface area contributed by atoms with Crippen LogP contribution in [0.1, 0.15) is 52.0 Å². The van der Waals surface area contributed by atoms with Gasteiger partial charge in [0.25, 0.3) is 0 Å². The van der Waals surface area contributed by atoms with Crippen molar-refractivity contribution in [3.8, 4) is 56.4 Å². The summed E-state index contributed by atoms with van der Waals surface area (Å²) in [7, 11) is 0. The number of rotatable bonds is 11. The van der Waals surface area contributed by atoms with E-state index in [-0.39, 0.29) is 60.9 Å². The first-order valence-corrected chi connectivity index (χ1v) is 22.3. The predicted octanol–water partition coefficient (Wildman–Crippen LogP) is 15.1. The van der Waals surface area contributed by atoms with Crippen molar-refractivity contribution in [1.82, 2.24) is 14.1 Å². The molecule has 0 saturated carbocycles. The van der Waals surface area contributed by atoms with Gasteiger partial charge in [-0.1, -0.05) is 177 Å². The number of pyridine rings is 1. The van der Waals surface area contributed by atoms with Gasteiger partial charge in [0.2, 0.25) is 6.33 Å². The summed E-state index contributed by atoms with van der Waals surface area (Å²) in [6.45, 7) is 15.0. The summed E-state index contributed by atoms with van der Waals surface area (Å²) in [5.41, 5.74) is 8.10. The summed E-state index contributed by atoms with van der Waals surface area (Å²) < 4.78 is 98.4. The van der Waals surface area contributed by atoms with Gasteiger partial charge in [-0.05, 0) is 92.1 Å². The van der Waals surface area contributed by atoms with Crippen LogP contribution in [0.25, 0.3) is 82.6 Å². The SMILES string of the molecule is [2H]c1c([2H])c([2H])c(-c2cccc(-c3c([2H])c([2H])c([2H])c([2H])c3[2H])c2CCC[n+]2[c-]n(-c3[c-]c(Oc4[c-]c5c(cc4)c4cc(-c6ccccc6)ccc4n5-c4cc(C(C)(C)C)ccn4)cc([N+]#[C-])c3)c3ccccc32)c([2H])c1[2H].[Pt]. The Morgan fingerprint density at radius 2 is 1.41 bits per heavy atom. The second kappa shape index (κ2) is 19.0. The van der Waals surface area contributed by atoms with Gasteiger partial charge in [-0.2, -0.15) is 12.1 Å². The zero-order valence-electron chi connectivity index (χ0n) is 47.8. The number of ether oxygens (including phenoxy) is 1. The molecule has 0 aliphatic carbocycles. The van der Waals surface area contributed by atoms with E-state index in [4.69, 9.17) is 30.0 Å². The van der Waals surface area contributed by atoms with Crippen LogP contribution in [0, 0.1) is 25.0 Å². The molecule has 69 heavy (non-hydrogen) atoms. The molecule has 7 heteroatoms. The Morgan fingerprint density at radius 1 is 0.681 bits per heavy atom. The van der Waals surface area contributed by atoms with Crippen LogP contribution in [0.3, 0.4) is 0 Å². The monoisotopic (exact) mass is 1080 g/mol. The van der Waals surface area contributed by atoms with Gasteiger partial charge in [0, 0.05) is 38.5 Å². The summed E-state index contributed by atoms with van der Waals surface area (Å²) in [6.07, 6.45) is 5.87. The number of imidazole rings is 1. The van der Waals surface area contributed by atoms with Crippen LogP contribution in [0.4, 0.5) is 5.69 Å². The molecule has 0 aliphatic rings. The molecule has 338 valence electrons. The smallest absolute Gasteiger partial charge is 0.242 e. The molecule has 0 unspecified atom stereocenters. The van der Waals surface area contributed by atoms with E-state index in [0.717, 1.165) is 55.3 Å². The molecule has 0 radical (unpaired) electrons. The molecule has 8 aromatic carbocycles. The van der Waals surface area contributed by atoms with E-state index in [0.29, 0.717) is 35.7 Å². The zero-order chi connectivity index (χ0) is 54.9. The molecular weight excluding hydrogens is 1030 g/mol. The van der Waals surface area contributed by atoms with Crippen molar-refractivity contribution in [2.45, 2.75) is 45.6 Å². The van der Waals surface area contributed by atoms with Crippen LogP contribution in [-0.4, -0.2) is 14.1 Å². The van der Waals surface area contributed by atoms with Crippen LogP contribution in [0.5, 0.6) is 11.5 Å². The fourth-order valence-corrected chi connectivity index (χ4v) is 8.88. The standard InChI is InChI=1S/C62H47N5O.Pt/c1-62(2,3)47-33-34-64-61(37-47)67-57-32-29-46(43-18-8-5-9-19-43)36-56(57)55-31-30-50(41-60(55)67)68-51-39-48(63-4)38-49(40-51)66-42-65(58-27-14-15-28-59(58)66)35-17-26-54-52(44-20-10-6-11-21-44)24-16-25-53(54)45-22-12-7-13-23-45;/h5-16,18-25,27-34,36-39H,17,26,35H2,1-3H3;/q-2;/i6D,7D,10D,11D,12D,13D,20D,21D,22D,23D;. The molecule has 0 fully saturated rings. The van der Waals surface area contributed by atoms with Gasteiger partial charge in [-0.15, -0.1) is 29.7 Å². The fraction of sp³-hybridized carbons (Fsp3) is 0.113. The van der Waals surface area contributed by atoms with Crippen molar-refractivity contribution in [1.29, 1.82) is 0 Å². The number of aryl methyl sites for hydroxylation is 1. The normalized spacial score (nSPS) is 13.5. The molecule has 0 bridgehead atoms. The van der Waals surface area contributed by atoms with Gasteiger partial charge in [0.15, 0.2) is 0 Å². The molecule has 3 heterocycles. The number of para-hydroxylation sites is 2. The van der Waals surface area contributed by atoms with Gasteiger partial charge in [0.05, 0.1) is 43.5 Å². The van der Waals surface area contributed by atoms with Crippen LogP contribution < -0.4 is 9.30 Å². The molecule has 0 aliphatic heterocycles.